The van der Waals surface area contributed by atoms with E-state index in [1.807, 2.05) is 13.1 Å². The first-order valence-corrected chi connectivity index (χ1v) is 5.72. The summed E-state index contributed by atoms with van der Waals surface area (Å²) in [4.78, 5) is 12.7. The van der Waals surface area contributed by atoms with Gasteiger partial charge in [0.25, 0.3) is 5.69 Å². The fourth-order valence-corrected chi connectivity index (χ4v) is 1.81. The Balaban J connectivity index is 2.88. The Morgan fingerprint density at radius 3 is 2.71 bits per heavy atom. The van der Waals surface area contributed by atoms with Crippen LogP contribution in [0.1, 0.15) is 18.9 Å². The van der Waals surface area contributed by atoms with Gasteiger partial charge in [-0.15, -0.1) is 0 Å². The second-order valence-corrected chi connectivity index (χ2v) is 4.10. The summed E-state index contributed by atoms with van der Waals surface area (Å²) in [6, 6.07) is 5.32. The van der Waals surface area contributed by atoms with Gasteiger partial charge in [-0.1, -0.05) is 13.0 Å². The van der Waals surface area contributed by atoms with Gasteiger partial charge in [0, 0.05) is 19.7 Å². The van der Waals surface area contributed by atoms with E-state index in [1.54, 1.807) is 19.2 Å². The van der Waals surface area contributed by atoms with Crippen molar-refractivity contribution in [2.75, 3.05) is 26.0 Å². The SMILES string of the molecule is CCCN(C)Cc1ccc(NC)c([N+](=O)[O-])c1. The molecule has 0 spiro atoms. The minimum absolute atomic E-state index is 0.134. The molecule has 0 bridgehead atoms. The molecule has 0 radical (unpaired) electrons. The lowest BCUT2D eigenvalue weighted by Gasteiger charge is -2.15. The van der Waals surface area contributed by atoms with Gasteiger partial charge in [-0.2, -0.15) is 0 Å². The Labute approximate surface area is 102 Å². The number of hydrogen-bond donors (Lipinski definition) is 1. The van der Waals surface area contributed by atoms with E-state index in [9.17, 15) is 10.1 Å². The molecule has 0 aliphatic rings. The third-order valence-electron chi connectivity index (χ3n) is 2.59. The van der Waals surface area contributed by atoms with E-state index < -0.39 is 0 Å². The summed E-state index contributed by atoms with van der Waals surface area (Å²) in [6.45, 7) is 3.84. The molecule has 0 amide bonds. The summed E-state index contributed by atoms with van der Waals surface area (Å²) in [5.74, 6) is 0. The van der Waals surface area contributed by atoms with Crippen molar-refractivity contribution < 1.29 is 4.92 Å². The van der Waals surface area contributed by atoms with Crippen molar-refractivity contribution in [2.24, 2.45) is 0 Å². The van der Waals surface area contributed by atoms with Gasteiger partial charge >= 0.3 is 0 Å². The highest BCUT2D eigenvalue weighted by Gasteiger charge is 2.13. The van der Waals surface area contributed by atoms with Crippen LogP contribution in [0.3, 0.4) is 0 Å². The van der Waals surface area contributed by atoms with Crippen LogP contribution in [0.4, 0.5) is 11.4 Å². The van der Waals surface area contributed by atoms with Crippen LogP contribution in [0.25, 0.3) is 0 Å². The summed E-state index contributed by atoms with van der Waals surface area (Å²) in [6.07, 6.45) is 1.08. The summed E-state index contributed by atoms with van der Waals surface area (Å²) >= 11 is 0. The first-order valence-electron chi connectivity index (χ1n) is 5.72. The number of nitro benzene ring substituents is 1. The van der Waals surface area contributed by atoms with E-state index in [4.69, 9.17) is 0 Å². The molecule has 0 heterocycles. The summed E-state index contributed by atoms with van der Waals surface area (Å²) in [7, 11) is 3.70. The molecule has 1 aromatic rings. The van der Waals surface area contributed by atoms with Gasteiger partial charge in [-0.25, -0.2) is 0 Å². The molecule has 0 fully saturated rings. The number of nitro groups is 1. The molecule has 5 nitrogen and oxygen atoms in total. The number of hydrogen-bond acceptors (Lipinski definition) is 4. The standard InChI is InChI=1S/C12H19N3O2/c1-4-7-14(3)9-10-5-6-11(13-2)12(8-10)15(16)17/h5-6,8,13H,4,7,9H2,1-3H3. The zero-order valence-electron chi connectivity index (χ0n) is 10.6. The van der Waals surface area contributed by atoms with Crippen LogP contribution < -0.4 is 5.32 Å². The van der Waals surface area contributed by atoms with Crippen LogP contribution in [0, 0.1) is 10.1 Å². The van der Waals surface area contributed by atoms with E-state index in [1.165, 1.54) is 0 Å². The van der Waals surface area contributed by atoms with Crippen molar-refractivity contribution in [3.05, 3.63) is 33.9 Å². The van der Waals surface area contributed by atoms with Crippen molar-refractivity contribution in [3.8, 4) is 0 Å². The maximum Gasteiger partial charge on any atom is 0.292 e. The highest BCUT2D eigenvalue weighted by molar-refractivity contribution is 5.62. The smallest absolute Gasteiger partial charge is 0.292 e. The molecular weight excluding hydrogens is 218 g/mol. The highest BCUT2D eigenvalue weighted by Crippen LogP contribution is 2.25. The van der Waals surface area contributed by atoms with Crippen LogP contribution >= 0.6 is 0 Å². The first-order chi connectivity index (χ1) is 8.08. The predicted molar refractivity (Wildman–Crippen MR) is 69.3 cm³/mol. The van der Waals surface area contributed by atoms with Gasteiger partial charge in [0.15, 0.2) is 0 Å². The minimum atomic E-state index is -0.352. The second kappa shape index (κ2) is 6.20. The molecule has 1 aromatic carbocycles. The quantitative estimate of drug-likeness (QED) is 0.610. The van der Waals surface area contributed by atoms with Crippen molar-refractivity contribution in [3.63, 3.8) is 0 Å². The van der Waals surface area contributed by atoms with Crippen LogP contribution in [-0.2, 0) is 6.54 Å². The van der Waals surface area contributed by atoms with Gasteiger partial charge in [-0.05, 0) is 31.6 Å². The average Bonchev–Trinajstić information content (AvgIpc) is 2.29. The molecule has 94 valence electrons. The lowest BCUT2D eigenvalue weighted by molar-refractivity contribution is -0.384. The maximum absolute atomic E-state index is 10.9. The van der Waals surface area contributed by atoms with E-state index in [0.29, 0.717) is 5.69 Å². The molecule has 0 saturated carbocycles. The Morgan fingerprint density at radius 2 is 2.18 bits per heavy atom. The number of rotatable bonds is 6. The minimum Gasteiger partial charge on any atom is -0.383 e. The van der Waals surface area contributed by atoms with E-state index in [-0.39, 0.29) is 10.6 Å². The third kappa shape index (κ3) is 3.71. The first kappa shape index (κ1) is 13.4. The Morgan fingerprint density at radius 1 is 1.47 bits per heavy atom. The van der Waals surface area contributed by atoms with Crippen LogP contribution in [0.5, 0.6) is 0 Å². The second-order valence-electron chi connectivity index (χ2n) is 4.10. The molecule has 0 aliphatic heterocycles. The van der Waals surface area contributed by atoms with Crippen molar-refractivity contribution in [1.82, 2.24) is 4.90 Å². The molecule has 0 aromatic heterocycles. The Hall–Kier alpha value is -1.62. The van der Waals surface area contributed by atoms with Gasteiger partial charge in [0.05, 0.1) is 4.92 Å². The van der Waals surface area contributed by atoms with E-state index in [2.05, 4.69) is 17.1 Å². The molecule has 0 saturated heterocycles. The number of nitrogens with zero attached hydrogens (tertiary/aromatic N) is 2. The fourth-order valence-electron chi connectivity index (χ4n) is 1.81. The normalized spacial score (nSPS) is 10.6. The summed E-state index contributed by atoms with van der Waals surface area (Å²) < 4.78 is 0. The third-order valence-corrected chi connectivity index (χ3v) is 2.59. The predicted octanol–water partition coefficient (Wildman–Crippen LogP) is 2.48. The van der Waals surface area contributed by atoms with Crippen LogP contribution in [-0.4, -0.2) is 30.5 Å². The Kier molecular flexibility index (Phi) is 4.90. The molecule has 1 rings (SSSR count). The monoisotopic (exact) mass is 237 g/mol. The van der Waals surface area contributed by atoms with E-state index in [0.717, 1.165) is 25.1 Å². The number of nitrogens with one attached hydrogen (secondary N) is 1. The molecule has 5 heteroatoms. The molecule has 17 heavy (non-hydrogen) atoms. The van der Waals surface area contributed by atoms with Crippen LogP contribution in [0.2, 0.25) is 0 Å². The topological polar surface area (TPSA) is 58.4 Å². The largest absolute Gasteiger partial charge is 0.383 e. The molecule has 0 atom stereocenters. The molecular formula is C12H19N3O2. The van der Waals surface area contributed by atoms with Crippen molar-refractivity contribution in [2.45, 2.75) is 19.9 Å². The maximum atomic E-state index is 10.9. The van der Waals surface area contributed by atoms with Gasteiger partial charge in [0.2, 0.25) is 0 Å². The number of anilines is 1. The average molecular weight is 237 g/mol. The summed E-state index contributed by atoms with van der Waals surface area (Å²) in [5.41, 5.74) is 1.65. The molecule has 0 aliphatic carbocycles. The van der Waals surface area contributed by atoms with E-state index >= 15 is 0 Å². The van der Waals surface area contributed by atoms with Gasteiger partial charge < -0.3 is 10.2 Å². The lowest BCUT2D eigenvalue weighted by Crippen LogP contribution is -2.18. The van der Waals surface area contributed by atoms with Crippen molar-refractivity contribution >= 4 is 11.4 Å². The number of benzene rings is 1. The summed E-state index contributed by atoms with van der Waals surface area (Å²) in [5, 5.41) is 13.7. The van der Waals surface area contributed by atoms with Crippen molar-refractivity contribution in [1.29, 1.82) is 0 Å². The fraction of sp³-hybridized carbons (Fsp3) is 0.500. The molecule has 0 unspecified atom stereocenters. The highest BCUT2D eigenvalue weighted by atomic mass is 16.6. The molecule has 1 N–H and O–H groups in total. The van der Waals surface area contributed by atoms with Gasteiger partial charge in [0.1, 0.15) is 5.69 Å². The van der Waals surface area contributed by atoms with Crippen LogP contribution in [0.15, 0.2) is 18.2 Å². The zero-order chi connectivity index (χ0) is 12.8. The Bertz CT molecular complexity index is 393. The zero-order valence-corrected chi connectivity index (χ0v) is 10.6. The lowest BCUT2D eigenvalue weighted by atomic mass is 10.1. The van der Waals surface area contributed by atoms with Gasteiger partial charge in [-0.3, -0.25) is 10.1 Å².